The van der Waals surface area contributed by atoms with Gasteiger partial charge in [0.1, 0.15) is 23.4 Å². The molecule has 11 heteroatoms. The van der Waals surface area contributed by atoms with Gasteiger partial charge in [-0.3, -0.25) is 4.57 Å². The van der Waals surface area contributed by atoms with E-state index in [4.69, 9.17) is 34.3 Å². The molecule has 3 heterocycles. The smallest absolute Gasteiger partial charge is 0.244 e. The molecule has 8 nitrogen and oxygen atoms in total. The van der Waals surface area contributed by atoms with Gasteiger partial charge in [0, 0.05) is 5.38 Å². The highest BCUT2D eigenvalue weighted by Gasteiger charge is 2.59. The SMILES string of the molecule is C[C@@H](O)[C@H]1O[C@@H](n2cnc3c(=S)nc(N)[nH]c32)C(F)(C#CCl)[C@H]1O. The van der Waals surface area contributed by atoms with Crippen molar-refractivity contribution in [1.82, 2.24) is 19.5 Å². The highest BCUT2D eigenvalue weighted by atomic mass is 35.5. The summed E-state index contributed by atoms with van der Waals surface area (Å²) in [4.78, 5) is 10.6. The van der Waals surface area contributed by atoms with Crippen LogP contribution in [0.15, 0.2) is 6.33 Å². The van der Waals surface area contributed by atoms with Crippen molar-refractivity contribution in [2.24, 2.45) is 0 Å². The molecule has 5 N–H and O–H groups in total. The van der Waals surface area contributed by atoms with E-state index in [0.717, 1.165) is 0 Å². The Balaban J connectivity index is 2.20. The summed E-state index contributed by atoms with van der Waals surface area (Å²) in [7, 11) is 0. The van der Waals surface area contributed by atoms with Gasteiger partial charge in [0.05, 0.1) is 12.4 Å². The lowest BCUT2D eigenvalue weighted by molar-refractivity contribution is -0.0776. The minimum atomic E-state index is -2.58. The second-order valence-corrected chi connectivity index (χ2v) is 5.98. The van der Waals surface area contributed by atoms with Gasteiger partial charge in [0.15, 0.2) is 16.8 Å². The number of alkyl halides is 1. The first-order valence-corrected chi connectivity index (χ1v) is 7.64. The van der Waals surface area contributed by atoms with Gasteiger partial charge in [-0.2, -0.15) is 0 Å². The number of fused-ring (bicyclic) bond motifs is 1. The molecule has 0 spiro atoms. The van der Waals surface area contributed by atoms with Gasteiger partial charge in [-0.05, 0) is 24.4 Å². The van der Waals surface area contributed by atoms with Crippen molar-refractivity contribution in [3.8, 4) is 11.3 Å². The number of ether oxygens (including phenoxy) is 1. The fourth-order valence-electron chi connectivity index (χ4n) is 2.69. The van der Waals surface area contributed by atoms with Crippen LogP contribution >= 0.6 is 23.8 Å². The van der Waals surface area contributed by atoms with E-state index in [-0.39, 0.29) is 21.8 Å². The summed E-state index contributed by atoms with van der Waals surface area (Å²) in [6.45, 7) is 1.37. The van der Waals surface area contributed by atoms with Crippen LogP contribution in [0, 0.1) is 15.9 Å². The van der Waals surface area contributed by atoms with Gasteiger partial charge in [-0.1, -0.05) is 12.2 Å². The predicted molar refractivity (Wildman–Crippen MR) is 86.2 cm³/mol. The Bertz CT molecular complexity index is 906. The minimum absolute atomic E-state index is 0.00718. The number of nitrogens with one attached hydrogen (secondary N) is 1. The molecule has 1 fully saturated rings. The Labute approximate surface area is 145 Å². The van der Waals surface area contributed by atoms with Crippen LogP contribution in [0.25, 0.3) is 11.2 Å². The van der Waals surface area contributed by atoms with Crippen molar-refractivity contribution in [2.75, 3.05) is 5.73 Å². The maximum atomic E-state index is 15.4. The number of aromatic nitrogens is 4. The molecule has 0 radical (unpaired) electrons. The Morgan fingerprint density at radius 1 is 1.67 bits per heavy atom. The van der Waals surface area contributed by atoms with E-state index >= 15 is 4.39 Å². The van der Waals surface area contributed by atoms with E-state index < -0.39 is 30.2 Å². The van der Waals surface area contributed by atoms with Crippen molar-refractivity contribution in [3.05, 3.63) is 11.0 Å². The Kier molecular flexibility index (Phi) is 4.23. The molecule has 3 rings (SSSR count). The average Bonchev–Trinajstić information content (AvgIpc) is 3.00. The van der Waals surface area contributed by atoms with Gasteiger partial charge >= 0.3 is 0 Å². The number of rotatable bonds is 2. The third kappa shape index (κ3) is 2.45. The van der Waals surface area contributed by atoms with E-state index in [1.54, 1.807) is 0 Å². The number of hydrogen-bond acceptors (Lipinski definition) is 7. The molecule has 24 heavy (non-hydrogen) atoms. The number of nitrogens with zero attached hydrogens (tertiary/aromatic N) is 3. The normalized spacial score (nSPS) is 31.0. The lowest BCUT2D eigenvalue weighted by Crippen LogP contribution is -2.44. The number of anilines is 1. The van der Waals surface area contributed by atoms with Crippen LogP contribution in [-0.4, -0.2) is 53.7 Å². The van der Waals surface area contributed by atoms with Gasteiger partial charge in [-0.15, -0.1) is 0 Å². The second kappa shape index (κ2) is 5.94. The number of aromatic amines is 1. The third-order valence-electron chi connectivity index (χ3n) is 3.82. The standard InChI is InChI=1S/C13H13ClFN5O3S/c1-5(21)7-8(22)13(15,2-3-14)11(23-7)20-4-17-6-9(20)18-12(16)19-10(6)24/h4-5,7-8,11,21-22H,1H3,(H3,16,18,19,24)/t5-,7-,8+,11-,13?/m1/s1. The number of nitrogens with two attached hydrogens (primary N) is 1. The van der Waals surface area contributed by atoms with Crippen LogP contribution in [0.3, 0.4) is 0 Å². The summed E-state index contributed by atoms with van der Waals surface area (Å²) in [6.07, 6.45) is -4.26. The van der Waals surface area contributed by atoms with Gasteiger partial charge in [-0.25, -0.2) is 14.4 Å². The van der Waals surface area contributed by atoms with Crippen LogP contribution < -0.4 is 5.73 Å². The molecular formula is C13H13ClFN5O3S. The molecule has 0 amide bonds. The Morgan fingerprint density at radius 3 is 3.00 bits per heavy atom. The molecule has 1 unspecified atom stereocenters. The Morgan fingerprint density at radius 2 is 2.38 bits per heavy atom. The van der Waals surface area contributed by atoms with Crippen LogP contribution in [-0.2, 0) is 4.74 Å². The van der Waals surface area contributed by atoms with Crippen LogP contribution in [0.5, 0.6) is 0 Å². The number of H-pyrrole nitrogens is 1. The summed E-state index contributed by atoms with van der Waals surface area (Å²) < 4.78 is 22.3. The van der Waals surface area contributed by atoms with Crippen LogP contribution in [0.2, 0.25) is 0 Å². The van der Waals surface area contributed by atoms with Crippen LogP contribution in [0.4, 0.5) is 10.3 Å². The first kappa shape index (κ1) is 17.1. The van der Waals surface area contributed by atoms with E-state index in [0.29, 0.717) is 0 Å². The summed E-state index contributed by atoms with van der Waals surface area (Å²) in [6, 6.07) is 0. The number of halogens is 2. The topological polar surface area (TPSA) is 122 Å². The summed E-state index contributed by atoms with van der Waals surface area (Å²) in [5, 5.41) is 21.9. The number of hydrogen-bond donors (Lipinski definition) is 4. The molecule has 5 atom stereocenters. The van der Waals surface area contributed by atoms with Crippen molar-refractivity contribution >= 4 is 40.9 Å². The molecule has 0 bridgehead atoms. The quantitative estimate of drug-likeness (QED) is 0.449. The lowest BCUT2D eigenvalue weighted by atomic mass is 9.95. The highest BCUT2D eigenvalue weighted by molar-refractivity contribution is 7.71. The van der Waals surface area contributed by atoms with E-state index in [1.165, 1.54) is 17.8 Å². The first-order valence-electron chi connectivity index (χ1n) is 6.85. The first-order chi connectivity index (χ1) is 11.3. The molecule has 0 saturated carbocycles. The van der Waals surface area contributed by atoms with Gasteiger partial charge in [0.25, 0.3) is 0 Å². The molecule has 0 aromatic carbocycles. The molecule has 0 aliphatic carbocycles. The predicted octanol–water partition coefficient (Wildman–Crippen LogP) is 0.618. The largest absolute Gasteiger partial charge is 0.391 e. The molecule has 1 aliphatic rings. The van der Waals surface area contributed by atoms with Gasteiger partial charge < -0.3 is 25.7 Å². The highest BCUT2D eigenvalue weighted by Crippen LogP contribution is 2.43. The molecule has 1 saturated heterocycles. The Hall–Kier alpha value is -1.77. The van der Waals surface area contributed by atoms with E-state index in [2.05, 4.69) is 20.9 Å². The fraction of sp³-hybridized carbons (Fsp3) is 0.462. The number of imidazole rings is 1. The third-order valence-corrected chi connectivity index (χ3v) is 4.20. The number of aliphatic hydroxyl groups is 2. The lowest BCUT2D eigenvalue weighted by Gasteiger charge is -2.23. The average molecular weight is 374 g/mol. The molecule has 1 aliphatic heterocycles. The van der Waals surface area contributed by atoms with Crippen molar-refractivity contribution in [2.45, 2.75) is 37.1 Å². The zero-order valence-corrected chi connectivity index (χ0v) is 13.8. The summed E-state index contributed by atoms with van der Waals surface area (Å²) in [5.74, 6) is 2.12. The van der Waals surface area contributed by atoms with Crippen molar-refractivity contribution in [1.29, 1.82) is 0 Å². The zero-order valence-electron chi connectivity index (χ0n) is 12.3. The van der Waals surface area contributed by atoms with Crippen LogP contribution in [0.1, 0.15) is 13.2 Å². The maximum absolute atomic E-state index is 15.4. The summed E-state index contributed by atoms with van der Waals surface area (Å²) >= 11 is 10.4. The maximum Gasteiger partial charge on any atom is 0.244 e. The van der Waals surface area contributed by atoms with E-state index in [1.807, 2.05) is 5.38 Å². The minimum Gasteiger partial charge on any atom is -0.391 e. The molecule has 2 aromatic rings. The van der Waals surface area contributed by atoms with E-state index in [9.17, 15) is 10.2 Å². The number of aliphatic hydroxyl groups excluding tert-OH is 2. The molecule has 128 valence electrons. The fourth-order valence-corrected chi connectivity index (χ4v) is 3.08. The molecule has 2 aromatic heterocycles. The number of nitrogen functional groups attached to an aromatic ring is 1. The summed E-state index contributed by atoms with van der Waals surface area (Å²) in [5.41, 5.74) is 3.58. The zero-order chi connectivity index (χ0) is 17.6. The molecular weight excluding hydrogens is 361 g/mol. The van der Waals surface area contributed by atoms with Crippen molar-refractivity contribution in [3.63, 3.8) is 0 Å². The second-order valence-electron chi connectivity index (χ2n) is 5.40. The van der Waals surface area contributed by atoms with Crippen molar-refractivity contribution < 1.29 is 19.3 Å². The van der Waals surface area contributed by atoms with Gasteiger partial charge in [0.2, 0.25) is 5.67 Å². The monoisotopic (exact) mass is 373 g/mol.